The van der Waals surface area contributed by atoms with Crippen molar-refractivity contribution in [3.05, 3.63) is 48.2 Å². The van der Waals surface area contributed by atoms with Gasteiger partial charge in [-0.3, -0.25) is 4.98 Å². The maximum absolute atomic E-state index is 5.40. The topological polar surface area (TPSA) is 47.3 Å². The first-order valence-electron chi connectivity index (χ1n) is 6.57. The second-order valence-corrected chi connectivity index (χ2v) is 4.46. The van der Waals surface area contributed by atoms with E-state index in [-0.39, 0.29) is 6.04 Å². The molecule has 4 nitrogen and oxygen atoms in total. The van der Waals surface area contributed by atoms with Gasteiger partial charge in [0, 0.05) is 17.8 Å². The van der Waals surface area contributed by atoms with Crippen LogP contribution in [0.1, 0.15) is 30.5 Å². The van der Waals surface area contributed by atoms with Crippen LogP contribution >= 0.6 is 0 Å². The summed E-state index contributed by atoms with van der Waals surface area (Å²) in [6.07, 6.45) is 9.01. The van der Waals surface area contributed by atoms with Crippen LogP contribution in [0.15, 0.2) is 41.5 Å². The summed E-state index contributed by atoms with van der Waals surface area (Å²) in [5.41, 5.74) is 2.31. The van der Waals surface area contributed by atoms with E-state index in [1.807, 2.05) is 12.1 Å². The molecule has 0 spiro atoms. The van der Waals surface area contributed by atoms with Crippen molar-refractivity contribution in [1.82, 2.24) is 10.3 Å². The lowest BCUT2D eigenvalue weighted by Crippen LogP contribution is -2.24. The molecule has 0 saturated heterocycles. The van der Waals surface area contributed by atoms with Gasteiger partial charge in [-0.25, -0.2) is 0 Å². The number of ether oxygens (including phenoxy) is 1. The van der Waals surface area contributed by atoms with Gasteiger partial charge in [0.1, 0.15) is 5.75 Å². The molecule has 2 heterocycles. The zero-order chi connectivity index (χ0) is 13.5. The maximum Gasteiger partial charge on any atom is 0.141 e. The van der Waals surface area contributed by atoms with Crippen molar-refractivity contribution in [2.45, 2.75) is 25.8 Å². The number of methoxy groups -OCH3 is 1. The van der Waals surface area contributed by atoms with Gasteiger partial charge in [-0.05, 0) is 37.1 Å². The SMILES string of the molecule is CCCNC(Cc1ccoc1)c1ccncc1OC. The van der Waals surface area contributed by atoms with E-state index in [4.69, 9.17) is 9.15 Å². The minimum absolute atomic E-state index is 0.204. The third-order valence-corrected chi connectivity index (χ3v) is 3.07. The van der Waals surface area contributed by atoms with Gasteiger partial charge in [0.2, 0.25) is 0 Å². The number of pyridine rings is 1. The predicted octanol–water partition coefficient (Wildman–Crippen LogP) is 2.97. The molecule has 0 aliphatic carbocycles. The largest absolute Gasteiger partial charge is 0.495 e. The van der Waals surface area contributed by atoms with E-state index in [2.05, 4.69) is 17.2 Å². The number of aromatic nitrogens is 1. The summed E-state index contributed by atoms with van der Waals surface area (Å²) in [7, 11) is 1.68. The fourth-order valence-electron chi connectivity index (χ4n) is 2.10. The lowest BCUT2D eigenvalue weighted by Gasteiger charge is -2.20. The van der Waals surface area contributed by atoms with Crippen molar-refractivity contribution in [2.75, 3.05) is 13.7 Å². The number of furan rings is 1. The molecule has 2 aromatic heterocycles. The second-order valence-electron chi connectivity index (χ2n) is 4.46. The molecule has 4 heteroatoms. The van der Waals surface area contributed by atoms with Gasteiger partial charge in [-0.15, -0.1) is 0 Å². The maximum atomic E-state index is 5.40. The van der Waals surface area contributed by atoms with Crippen molar-refractivity contribution in [1.29, 1.82) is 0 Å². The molecule has 1 N–H and O–H groups in total. The smallest absolute Gasteiger partial charge is 0.141 e. The van der Waals surface area contributed by atoms with Crippen LogP contribution < -0.4 is 10.1 Å². The van der Waals surface area contributed by atoms with Crippen molar-refractivity contribution < 1.29 is 9.15 Å². The first-order valence-corrected chi connectivity index (χ1v) is 6.57. The Morgan fingerprint density at radius 1 is 1.42 bits per heavy atom. The van der Waals surface area contributed by atoms with E-state index in [9.17, 15) is 0 Å². The van der Waals surface area contributed by atoms with E-state index < -0.39 is 0 Å². The van der Waals surface area contributed by atoms with Crippen LogP contribution in [0.25, 0.3) is 0 Å². The van der Waals surface area contributed by atoms with Crippen molar-refractivity contribution in [3.63, 3.8) is 0 Å². The van der Waals surface area contributed by atoms with Crippen LogP contribution in [0, 0.1) is 0 Å². The van der Waals surface area contributed by atoms with E-state index in [1.54, 1.807) is 32.0 Å². The molecule has 0 bridgehead atoms. The lowest BCUT2D eigenvalue weighted by atomic mass is 10.0. The third kappa shape index (κ3) is 3.58. The molecule has 2 rings (SSSR count). The summed E-state index contributed by atoms with van der Waals surface area (Å²) in [6, 6.07) is 4.20. The monoisotopic (exact) mass is 260 g/mol. The van der Waals surface area contributed by atoms with Crippen LogP contribution in [-0.2, 0) is 6.42 Å². The van der Waals surface area contributed by atoms with E-state index in [0.29, 0.717) is 0 Å². The van der Waals surface area contributed by atoms with Crippen LogP contribution in [0.3, 0.4) is 0 Å². The van der Waals surface area contributed by atoms with Crippen LogP contribution in [-0.4, -0.2) is 18.6 Å². The van der Waals surface area contributed by atoms with Crippen LogP contribution in [0.5, 0.6) is 5.75 Å². The highest BCUT2D eigenvalue weighted by Crippen LogP contribution is 2.26. The fraction of sp³-hybridized carbons (Fsp3) is 0.400. The minimum atomic E-state index is 0.204. The summed E-state index contributed by atoms with van der Waals surface area (Å²) >= 11 is 0. The first kappa shape index (κ1) is 13.6. The molecule has 102 valence electrons. The summed E-state index contributed by atoms with van der Waals surface area (Å²) in [5.74, 6) is 0.819. The van der Waals surface area contributed by atoms with Crippen molar-refractivity contribution >= 4 is 0 Å². The Hall–Kier alpha value is -1.81. The van der Waals surface area contributed by atoms with Crippen LogP contribution in [0.2, 0.25) is 0 Å². The Balaban J connectivity index is 2.20. The number of hydrogen-bond acceptors (Lipinski definition) is 4. The Morgan fingerprint density at radius 3 is 3.00 bits per heavy atom. The van der Waals surface area contributed by atoms with Crippen molar-refractivity contribution in [3.8, 4) is 5.75 Å². The Kier molecular flexibility index (Phi) is 4.98. The van der Waals surface area contributed by atoms with E-state index >= 15 is 0 Å². The zero-order valence-electron chi connectivity index (χ0n) is 11.4. The first-order chi connectivity index (χ1) is 9.35. The molecule has 0 saturated carbocycles. The zero-order valence-corrected chi connectivity index (χ0v) is 11.4. The van der Waals surface area contributed by atoms with Gasteiger partial charge in [0.05, 0.1) is 25.8 Å². The summed E-state index contributed by atoms with van der Waals surface area (Å²) in [6.45, 7) is 3.12. The van der Waals surface area contributed by atoms with E-state index in [0.717, 1.165) is 30.7 Å². The average Bonchev–Trinajstić information content (AvgIpc) is 2.96. The standard InChI is InChI=1S/C15H20N2O2/c1-3-6-17-14(9-12-5-8-19-11-12)13-4-7-16-10-15(13)18-2/h4-5,7-8,10-11,14,17H,3,6,9H2,1-2H3. The molecule has 0 amide bonds. The molecule has 19 heavy (non-hydrogen) atoms. The number of rotatable bonds is 7. The molecule has 0 aromatic carbocycles. The van der Waals surface area contributed by atoms with Crippen molar-refractivity contribution in [2.24, 2.45) is 0 Å². The summed E-state index contributed by atoms with van der Waals surface area (Å²) in [4.78, 5) is 4.10. The molecule has 0 radical (unpaired) electrons. The molecule has 1 atom stereocenters. The van der Waals surface area contributed by atoms with Gasteiger partial charge in [-0.1, -0.05) is 6.92 Å². The highest BCUT2D eigenvalue weighted by Gasteiger charge is 2.16. The number of nitrogens with zero attached hydrogens (tertiary/aromatic N) is 1. The molecular weight excluding hydrogens is 240 g/mol. The fourth-order valence-corrected chi connectivity index (χ4v) is 2.10. The summed E-state index contributed by atoms with van der Waals surface area (Å²) < 4.78 is 10.5. The van der Waals surface area contributed by atoms with Gasteiger partial charge < -0.3 is 14.5 Å². The molecule has 0 aliphatic heterocycles. The number of nitrogens with one attached hydrogen (secondary N) is 1. The minimum Gasteiger partial charge on any atom is -0.495 e. The van der Waals surface area contributed by atoms with E-state index in [1.165, 1.54) is 5.56 Å². The normalized spacial score (nSPS) is 12.3. The number of hydrogen-bond donors (Lipinski definition) is 1. The Labute approximate surface area is 113 Å². The second kappa shape index (κ2) is 6.95. The third-order valence-electron chi connectivity index (χ3n) is 3.07. The highest BCUT2D eigenvalue weighted by molar-refractivity contribution is 5.34. The van der Waals surface area contributed by atoms with Gasteiger partial charge in [0.25, 0.3) is 0 Å². The lowest BCUT2D eigenvalue weighted by molar-refractivity contribution is 0.396. The van der Waals surface area contributed by atoms with Gasteiger partial charge in [0.15, 0.2) is 0 Å². The Bertz CT molecular complexity index is 483. The predicted molar refractivity (Wildman–Crippen MR) is 74.2 cm³/mol. The van der Waals surface area contributed by atoms with Gasteiger partial charge in [-0.2, -0.15) is 0 Å². The molecule has 0 fully saturated rings. The van der Waals surface area contributed by atoms with Gasteiger partial charge >= 0.3 is 0 Å². The average molecular weight is 260 g/mol. The highest BCUT2D eigenvalue weighted by atomic mass is 16.5. The molecular formula is C15H20N2O2. The Morgan fingerprint density at radius 2 is 2.32 bits per heavy atom. The quantitative estimate of drug-likeness (QED) is 0.831. The molecule has 0 aliphatic rings. The molecule has 1 unspecified atom stereocenters. The van der Waals surface area contributed by atoms with Crippen LogP contribution in [0.4, 0.5) is 0 Å². The molecule has 2 aromatic rings. The summed E-state index contributed by atoms with van der Waals surface area (Å²) in [5, 5.41) is 3.55.